The van der Waals surface area contributed by atoms with Crippen LogP contribution in [0.25, 0.3) is 0 Å². The van der Waals surface area contributed by atoms with Gasteiger partial charge < -0.3 is 15.3 Å². The highest BCUT2D eigenvalue weighted by atomic mass is 16.3. The SMILES string of the molecule is Cc1ccc(N(CC(C)C)C(=O)c2ccc(NCC3CC(O)C3)nc2)cc1. The quantitative estimate of drug-likeness (QED) is 0.779. The van der Waals surface area contributed by atoms with Crippen LogP contribution in [-0.4, -0.2) is 35.2 Å². The molecular formula is C22H29N3O2. The Hall–Kier alpha value is -2.40. The first-order chi connectivity index (χ1) is 12.9. The van der Waals surface area contributed by atoms with E-state index in [0.29, 0.717) is 23.9 Å². The van der Waals surface area contributed by atoms with Gasteiger partial charge in [0.25, 0.3) is 5.91 Å². The van der Waals surface area contributed by atoms with Crippen LogP contribution >= 0.6 is 0 Å². The van der Waals surface area contributed by atoms with Gasteiger partial charge in [-0.2, -0.15) is 0 Å². The second-order valence-corrected chi connectivity index (χ2v) is 7.95. The number of pyridine rings is 1. The van der Waals surface area contributed by atoms with E-state index in [1.165, 1.54) is 5.56 Å². The molecule has 1 amide bonds. The van der Waals surface area contributed by atoms with Gasteiger partial charge in [-0.05, 0) is 55.9 Å². The van der Waals surface area contributed by atoms with Crippen LogP contribution in [0.2, 0.25) is 0 Å². The zero-order chi connectivity index (χ0) is 19.4. The molecule has 5 nitrogen and oxygen atoms in total. The number of hydrogen-bond donors (Lipinski definition) is 2. The Bertz CT molecular complexity index is 750. The molecule has 0 unspecified atom stereocenters. The fraction of sp³-hybridized carbons (Fsp3) is 0.455. The van der Waals surface area contributed by atoms with Crippen LogP contribution in [0, 0.1) is 18.8 Å². The van der Waals surface area contributed by atoms with E-state index in [2.05, 4.69) is 24.1 Å². The summed E-state index contributed by atoms with van der Waals surface area (Å²) in [6.45, 7) is 7.72. The minimum absolute atomic E-state index is 0.0336. The number of aromatic nitrogens is 1. The molecule has 1 heterocycles. The van der Waals surface area contributed by atoms with Gasteiger partial charge in [0.1, 0.15) is 5.82 Å². The predicted octanol–water partition coefficient (Wildman–Crippen LogP) is 3.88. The lowest BCUT2D eigenvalue weighted by molar-refractivity contribution is 0.0486. The standard InChI is InChI=1S/C22H29N3O2/c1-15(2)14-25(19-7-4-16(3)5-8-19)22(27)18-6-9-21(24-13-18)23-12-17-10-20(26)11-17/h4-9,13,15,17,20,26H,10-12,14H2,1-3H3,(H,23,24). The highest BCUT2D eigenvalue weighted by Crippen LogP contribution is 2.27. The highest BCUT2D eigenvalue weighted by Gasteiger charge is 2.26. The average Bonchev–Trinajstić information content (AvgIpc) is 2.63. The number of nitrogens with zero attached hydrogens (tertiary/aromatic N) is 2. The number of hydrogen-bond acceptors (Lipinski definition) is 4. The number of rotatable bonds is 7. The lowest BCUT2D eigenvalue weighted by Crippen LogP contribution is -2.34. The third-order valence-electron chi connectivity index (χ3n) is 4.93. The van der Waals surface area contributed by atoms with Crippen LogP contribution in [0.1, 0.15) is 42.6 Å². The van der Waals surface area contributed by atoms with Crippen LogP contribution in [0.5, 0.6) is 0 Å². The molecule has 144 valence electrons. The molecule has 3 rings (SSSR count). The summed E-state index contributed by atoms with van der Waals surface area (Å²) >= 11 is 0. The lowest BCUT2D eigenvalue weighted by atomic mass is 9.82. The van der Waals surface area contributed by atoms with E-state index in [-0.39, 0.29) is 12.0 Å². The Morgan fingerprint density at radius 2 is 1.93 bits per heavy atom. The number of aliphatic hydroxyl groups excluding tert-OH is 1. The largest absolute Gasteiger partial charge is 0.393 e. The molecule has 1 aromatic carbocycles. The monoisotopic (exact) mass is 367 g/mol. The second-order valence-electron chi connectivity index (χ2n) is 7.95. The predicted molar refractivity (Wildman–Crippen MR) is 109 cm³/mol. The van der Waals surface area contributed by atoms with E-state index < -0.39 is 0 Å². The van der Waals surface area contributed by atoms with Gasteiger partial charge in [0.05, 0.1) is 11.7 Å². The topological polar surface area (TPSA) is 65.5 Å². The summed E-state index contributed by atoms with van der Waals surface area (Å²) in [4.78, 5) is 19.3. The van der Waals surface area contributed by atoms with Gasteiger partial charge in [-0.3, -0.25) is 4.79 Å². The first-order valence-corrected chi connectivity index (χ1v) is 9.69. The molecular weight excluding hydrogens is 338 g/mol. The van der Waals surface area contributed by atoms with Crippen molar-refractivity contribution in [3.63, 3.8) is 0 Å². The molecule has 1 saturated carbocycles. The van der Waals surface area contributed by atoms with E-state index in [1.54, 1.807) is 6.20 Å². The number of nitrogens with one attached hydrogen (secondary N) is 1. The molecule has 0 spiro atoms. The van der Waals surface area contributed by atoms with Gasteiger partial charge in [-0.15, -0.1) is 0 Å². The Balaban J connectivity index is 1.68. The minimum Gasteiger partial charge on any atom is -0.393 e. The van der Waals surface area contributed by atoms with Crippen molar-refractivity contribution in [2.24, 2.45) is 11.8 Å². The molecule has 0 aliphatic heterocycles. The van der Waals surface area contributed by atoms with Crippen LogP contribution < -0.4 is 10.2 Å². The number of aliphatic hydroxyl groups is 1. The Morgan fingerprint density at radius 1 is 1.22 bits per heavy atom. The normalized spacial score (nSPS) is 18.9. The first kappa shape index (κ1) is 19.4. The molecule has 27 heavy (non-hydrogen) atoms. The number of amides is 1. The summed E-state index contributed by atoms with van der Waals surface area (Å²) in [5.74, 6) is 1.60. The van der Waals surface area contributed by atoms with Gasteiger partial charge in [-0.1, -0.05) is 31.5 Å². The number of anilines is 2. The third-order valence-corrected chi connectivity index (χ3v) is 4.93. The number of benzene rings is 1. The summed E-state index contributed by atoms with van der Waals surface area (Å²) < 4.78 is 0. The second kappa shape index (κ2) is 8.53. The van der Waals surface area contributed by atoms with Crippen molar-refractivity contribution in [3.8, 4) is 0 Å². The average molecular weight is 367 g/mol. The molecule has 1 fully saturated rings. The zero-order valence-electron chi connectivity index (χ0n) is 16.4. The summed E-state index contributed by atoms with van der Waals surface area (Å²) in [5, 5.41) is 12.6. The van der Waals surface area contributed by atoms with Crippen molar-refractivity contribution in [1.82, 2.24) is 4.98 Å². The number of carbonyl (C=O) groups excluding carboxylic acids is 1. The Kier molecular flexibility index (Phi) is 6.11. The van der Waals surface area contributed by atoms with Crippen molar-refractivity contribution >= 4 is 17.4 Å². The lowest BCUT2D eigenvalue weighted by Gasteiger charge is -2.31. The molecule has 1 aromatic heterocycles. The Labute approximate surface area is 161 Å². The smallest absolute Gasteiger partial charge is 0.259 e. The van der Waals surface area contributed by atoms with Gasteiger partial charge in [0, 0.05) is 25.0 Å². The van der Waals surface area contributed by atoms with E-state index in [0.717, 1.165) is 30.9 Å². The van der Waals surface area contributed by atoms with Crippen LogP contribution in [-0.2, 0) is 0 Å². The van der Waals surface area contributed by atoms with E-state index in [4.69, 9.17) is 0 Å². The maximum absolute atomic E-state index is 13.1. The van der Waals surface area contributed by atoms with Gasteiger partial charge in [0.2, 0.25) is 0 Å². The van der Waals surface area contributed by atoms with Crippen molar-refractivity contribution in [3.05, 3.63) is 53.7 Å². The van der Waals surface area contributed by atoms with Crippen LogP contribution in [0.15, 0.2) is 42.6 Å². The van der Waals surface area contributed by atoms with Crippen LogP contribution in [0.4, 0.5) is 11.5 Å². The van der Waals surface area contributed by atoms with E-state index >= 15 is 0 Å². The molecule has 1 aliphatic carbocycles. The number of aryl methyl sites for hydroxylation is 1. The maximum Gasteiger partial charge on any atom is 0.259 e. The third kappa shape index (κ3) is 5.07. The minimum atomic E-state index is -0.140. The van der Waals surface area contributed by atoms with Crippen LogP contribution in [0.3, 0.4) is 0 Å². The van der Waals surface area contributed by atoms with Crippen molar-refractivity contribution in [2.75, 3.05) is 23.3 Å². The fourth-order valence-electron chi connectivity index (χ4n) is 3.29. The van der Waals surface area contributed by atoms with Crippen molar-refractivity contribution in [2.45, 2.75) is 39.7 Å². The first-order valence-electron chi connectivity index (χ1n) is 9.69. The zero-order valence-corrected chi connectivity index (χ0v) is 16.4. The van der Waals surface area contributed by atoms with E-state index in [9.17, 15) is 9.90 Å². The summed E-state index contributed by atoms with van der Waals surface area (Å²) in [6.07, 6.45) is 3.20. The maximum atomic E-state index is 13.1. The molecule has 0 atom stereocenters. The summed E-state index contributed by atoms with van der Waals surface area (Å²) in [7, 11) is 0. The molecule has 0 saturated heterocycles. The highest BCUT2D eigenvalue weighted by molar-refractivity contribution is 6.06. The molecule has 0 bridgehead atoms. The van der Waals surface area contributed by atoms with Crippen molar-refractivity contribution < 1.29 is 9.90 Å². The van der Waals surface area contributed by atoms with Gasteiger partial charge in [0.15, 0.2) is 0 Å². The molecule has 2 N–H and O–H groups in total. The summed E-state index contributed by atoms with van der Waals surface area (Å²) in [6, 6.07) is 11.7. The fourth-order valence-corrected chi connectivity index (χ4v) is 3.29. The molecule has 5 heteroatoms. The molecule has 2 aromatic rings. The molecule has 0 radical (unpaired) electrons. The van der Waals surface area contributed by atoms with Gasteiger partial charge in [-0.25, -0.2) is 4.98 Å². The Morgan fingerprint density at radius 3 is 2.48 bits per heavy atom. The van der Waals surface area contributed by atoms with Crippen molar-refractivity contribution in [1.29, 1.82) is 0 Å². The van der Waals surface area contributed by atoms with Gasteiger partial charge >= 0.3 is 0 Å². The van der Waals surface area contributed by atoms with E-state index in [1.807, 2.05) is 48.2 Å². The number of carbonyl (C=O) groups is 1. The molecule has 1 aliphatic rings. The summed E-state index contributed by atoms with van der Waals surface area (Å²) in [5.41, 5.74) is 2.66.